The molecule has 0 unspecified atom stereocenters. The van der Waals surface area contributed by atoms with Gasteiger partial charge in [-0.2, -0.15) is 0 Å². The number of nitrogens with zero attached hydrogens (tertiary/aromatic N) is 1. The highest BCUT2D eigenvalue weighted by Gasteiger charge is 2.17. The number of hydrogen-bond donors (Lipinski definition) is 1. The van der Waals surface area contributed by atoms with Gasteiger partial charge in [-0.25, -0.2) is 4.98 Å². The Morgan fingerprint density at radius 3 is 2.50 bits per heavy atom. The average Bonchev–Trinajstić information content (AvgIpc) is 3.01. The van der Waals surface area contributed by atoms with E-state index >= 15 is 0 Å². The summed E-state index contributed by atoms with van der Waals surface area (Å²) in [5, 5.41) is 8.40. The number of rotatable bonds is 5. The standard InChI is InChI=1S/C17H18N2O2S/c1-18-9-16-19-13(10-22-16)17-12-7-5-4-6-11(12)14(20-2)8-15(17)21-3/h4-8,10,18H,9H2,1-3H3. The van der Waals surface area contributed by atoms with Crippen LogP contribution in [0.3, 0.4) is 0 Å². The van der Waals surface area contributed by atoms with E-state index in [-0.39, 0.29) is 0 Å². The van der Waals surface area contributed by atoms with Gasteiger partial charge in [-0.05, 0) is 12.4 Å². The summed E-state index contributed by atoms with van der Waals surface area (Å²) in [6, 6.07) is 10.1. The van der Waals surface area contributed by atoms with Gasteiger partial charge in [0, 0.05) is 23.4 Å². The lowest BCUT2D eigenvalue weighted by Crippen LogP contribution is -2.04. The van der Waals surface area contributed by atoms with E-state index in [0.29, 0.717) is 0 Å². The summed E-state index contributed by atoms with van der Waals surface area (Å²) in [5.74, 6) is 1.58. The lowest BCUT2D eigenvalue weighted by molar-refractivity contribution is 0.399. The quantitative estimate of drug-likeness (QED) is 0.780. The molecule has 0 aliphatic carbocycles. The van der Waals surface area contributed by atoms with Crippen molar-refractivity contribution in [1.29, 1.82) is 0 Å². The molecule has 0 aliphatic rings. The number of methoxy groups -OCH3 is 2. The Hall–Kier alpha value is -2.11. The van der Waals surface area contributed by atoms with E-state index < -0.39 is 0 Å². The molecule has 0 spiro atoms. The first-order valence-electron chi connectivity index (χ1n) is 7.01. The van der Waals surface area contributed by atoms with Crippen LogP contribution in [-0.2, 0) is 6.54 Å². The second kappa shape index (κ2) is 6.34. The van der Waals surface area contributed by atoms with Gasteiger partial charge in [-0.15, -0.1) is 11.3 Å². The molecule has 4 nitrogen and oxygen atoms in total. The van der Waals surface area contributed by atoms with Crippen molar-refractivity contribution in [3.8, 4) is 22.8 Å². The molecule has 0 bridgehead atoms. The van der Waals surface area contributed by atoms with Crippen LogP contribution in [0, 0.1) is 0 Å². The van der Waals surface area contributed by atoms with Crippen molar-refractivity contribution in [2.24, 2.45) is 0 Å². The molecule has 0 saturated heterocycles. The average molecular weight is 314 g/mol. The van der Waals surface area contributed by atoms with Crippen LogP contribution in [0.2, 0.25) is 0 Å². The summed E-state index contributed by atoms with van der Waals surface area (Å²) in [6.07, 6.45) is 0. The van der Waals surface area contributed by atoms with E-state index in [9.17, 15) is 0 Å². The van der Waals surface area contributed by atoms with Crippen molar-refractivity contribution in [3.63, 3.8) is 0 Å². The molecule has 0 amide bonds. The number of aromatic nitrogens is 1. The molecule has 0 radical (unpaired) electrons. The fourth-order valence-electron chi connectivity index (χ4n) is 2.57. The Morgan fingerprint density at radius 2 is 1.82 bits per heavy atom. The Labute approximate surface area is 133 Å². The molecule has 5 heteroatoms. The third kappa shape index (κ3) is 2.53. The molecule has 0 fully saturated rings. The first-order chi connectivity index (χ1) is 10.8. The number of thiazole rings is 1. The molecule has 2 aromatic carbocycles. The van der Waals surface area contributed by atoms with Gasteiger partial charge in [0.15, 0.2) is 0 Å². The summed E-state index contributed by atoms with van der Waals surface area (Å²) in [5.41, 5.74) is 1.95. The van der Waals surface area contributed by atoms with Gasteiger partial charge >= 0.3 is 0 Å². The zero-order valence-corrected chi connectivity index (χ0v) is 13.7. The molecule has 1 heterocycles. The van der Waals surface area contributed by atoms with Gasteiger partial charge < -0.3 is 14.8 Å². The van der Waals surface area contributed by atoms with Gasteiger partial charge in [0.25, 0.3) is 0 Å². The van der Waals surface area contributed by atoms with E-state index in [2.05, 4.69) is 22.8 Å². The van der Waals surface area contributed by atoms with Crippen LogP contribution in [0.15, 0.2) is 35.7 Å². The van der Waals surface area contributed by atoms with E-state index in [1.807, 2.05) is 25.2 Å². The van der Waals surface area contributed by atoms with Crippen LogP contribution in [0.1, 0.15) is 5.01 Å². The third-order valence-corrected chi connectivity index (χ3v) is 4.39. The fourth-order valence-corrected chi connectivity index (χ4v) is 3.37. The number of ether oxygens (including phenoxy) is 2. The maximum atomic E-state index is 5.59. The molecule has 3 rings (SSSR count). The predicted octanol–water partition coefficient (Wildman–Crippen LogP) is 3.70. The van der Waals surface area contributed by atoms with Crippen LogP contribution >= 0.6 is 11.3 Å². The first-order valence-corrected chi connectivity index (χ1v) is 7.89. The fraction of sp³-hybridized carbons (Fsp3) is 0.235. The minimum atomic E-state index is 0.765. The van der Waals surface area contributed by atoms with Gasteiger partial charge in [-0.3, -0.25) is 0 Å². The van der Waals surface area contributed by atoms with Crippen molar-refractivity contribution >= 4 is 22.1 Å². The number of fused-ring (bicyclic) bond motifs is 1. The van der Waals surface area contributed by atoms with Crippen molar-refractivity contribution in [2.45, 2.75) is 6.54 Å². The highest BCUT2D eigenvalue weighted by molar-refractivity contribution is 7.09. The van der Waals surface area contributed by atoms with Gasteiger partial charge in [0.05, 0.1) is 25.5 Å². The maximum Gasteiger partial charge on any atom is 0.132 e. The van der Waals surface area contributed by atoms with Gasteiger partial charge in [0.2, 0.25) is 0 Å². The molecule has 0 aliphatic heterocycles. The topological polar surface area (TPSA) is 43.4 Å². The van der Waals surface area contributed by atoms with Crippen molar-refractivity contribution < 1.29 is 9.47 Å². The first kappa shape index (κ1) is 14.8. The van der Waals surface area contributed by atoms with Crippen LogP contribution in [0.25, 0.3) is 22.0 Å². The molecule has 3 aromatic rings. The molecule has 22 heavy (non-hydrogen) atoms. The molecule has 1 aromatic heterocycles. The van der Waals surface area contributed by atoms with Crippen LogP contribution in [-0.4, -0.2) is 26.3 Å². The summed E-state index contributed by atoms with van der Waals surface area (Å²) in [7, 11) is 5.27. The van der Waals surface area contributed by atoms with Crippen molar-refractivity contribution in [1.82, 2.24) is 10.3 Å². The zero-order chi connectivity index (χ0) is 15.5. The highest BCUT2D eigenvalue weighted by Crippen LogP contribution is 2.42. The molecule has 0 saturated carbocycles. The Morgan fingerprint density at radius 1 is 1.09 bits per heavy atom. The highest BCUT2D eigenvalue weighted by atomic mass is 32.1. The lowest BCUT2D eigenvalue weighted by Gasteiger charge is -2.14. The Balaban J connectivity index is 2.26. The number of hydrogen-bond acceptors (Lipinski definition) is 5. The molecule has 1 N–H and O–H groups in total. The molecule has 114 valence electrons. The summed E-state index contributed by atoms with van der Waals surface area (Å²) in [4.78, 5) is 4.72. The molecule has 0 atom stereocenters. The van der Waals surface area contributed by atoms with Gasteiger partial charge in [-0.1, -0.05) is 24.3 Å². The van der Waals surface area contributed by atoms with E-state index in [1.54, 1.807) is 25.6 Å². The minimum Gasteiger partial charge on any atom is -0.496 e. The van der Waals surface area contributed by atoms with E-state index in [4.69, 9.17) is 14.5 Å². The SMILES string of the molecule is CNCc1nc(-c2c(OC)cc(OC)c3ccccc23)cs1. The van der Waals surface area contributed by atoms with E-state index in [1.165, 1.54) is 0 Å². The lowest BCUT2D eigenvalue weighted by atomic mass is 10.0. The largest absolute Gasteiger partial charge is 0.496 e. The predicted molar refractivity (Wildman–Crippen MR) is 90.9 cm³/mol. The van der Waals surface area contributed by atoms with Crippen LogP contribution in [0.4, 0.5) is 0 Å². The summed E-state index contributed by atoms with van der Waals surface area (Å²) in [6.45, 7) is 0.765. The summed E-state index contributed by atoms with van der Waals surface area (Å²) >= 11 is 1.65. The second-order valence-corrected chi connectivity index (χ2v) is 5.80. The maximum absolute atomic E-state index is 5.59. The monoisotopic (exact) mass is 314 g/mol. The van der Waals surface area contributed by atoms with Crippen LogP contribution in [0.5, 0.6) is 11.5 Å². The van der Waals surface area contributed by atoms with Crippen molar-refractivity contribution in [3.05, 3.63) is 40.7 Å². The number of nitrogens with one attached hydrogen (secondary N) is 1. The second-order valence-electron chi connectivity index (χ2n) is 4.86. The van der Waals surface area contributed by atoms with Gasteiger partial charge in [0.1, 0.15) is 16.5 Å². The summed E-state index contributed by atoms with van der Waals surface area (Å²) < 4.78 is 11.1. The Bertz CT molecular complexity index is 798. The third-order valence-electron chi connectivity index (χ3n) is 3.55. The van der Waals surface area contributed by atoms with E-state index in [0.717, 1.165) is 45.1 Å². The van der Waals surface area contributed by atoms with Crippen LogP contribution < -0.4 is 14.8 Å². The molecular weight excluding hydrogens is 296 g/mol. The van der Waals surface area contributed by atoms with Crippen molar-refractivity contribution in [2.75, 3.05) is 21.3 Å². The zero-order valence-electron chi connectivity index (χ0n) is 12.8. The Kier molecular flexibility index (Phi) is 4.27. The smallest absolute Gasteiger partial charge is 0.132 e. The number of benzene rings is 2. The minimum absolute atomic E-state index is 0.765. The normalized spacial score (nSPS) is 10.9. The molecular formula is C17H18N2O2S.